The molecule has 2 heterocycles. The van der Waals surface area contributed by atoms with Crippen molar-refractivity contribution < 1.29 is 14.3 Å². The molecular weight excluding hydrogens is 408 g/mol. The van der Waals surface area contributed by atoms with E-state index >= 15 is 0 Å². The lowest BCUT2D eigenvalue weighted by Crippen LogP contribution is -2.48. The number of hydrogen-bond acceptors (Lipinski definition) is 4. The summed E-state index contributed by atoms with van der Waals surface area (Å²) in [5, 5.41) is 5.16. The lowest BCUT2D eigenvalue weighted by atomic mass is 9.79. The van der Waals surface area contributed by atoms with Gasteiger partial charge in [0.2, 0.25) is 5.91 Å². The van der Waals surface area contributed by atoms with Gasteiger partial charge in [-0.1, -0.05) is 54.6 Å². The maximum atomic E-state index is 13.5. The van der Waals surface area contributed by atoms with Gasteiger partial charge in [0.1, 0.15) is 0 Å². The normalized spacial score (nSPS) is 18.0. The molecule has 0 saturated carbocycles. The number of fused-ring (bicyclic) bond motifs is 1. The van der Waals surface area contributed by atoms with Crippen molar-refractivity contribution in [3.63, 3.8) is 0 Å². The largest absolute Gasteiger partial charge is 0.383 e. The lowest BCUT2D eigenvalue weighted by Gasteiger charge is -2.41. The van der Waals surface area contributed by atoms with Crippen LogP contribution in [0.3, 0.4) is 0 Å². The van der Waals surface area contributed by atoms with Crippen molar-refractivity contribution in [3.8, 4) is 0 Å². The molecular formula is C25H26N2O3S. The molecule has 4 rings (SSSR count). The second kappa shape index (κ2) is 9.90. The molecule has 0 spiro atoms. The van der Waals surface area contributed by atoms with E-state index < -0.39 is 5.92 Å². The van der Waals surface area contributed by atoms with Gasteiger partial charge in [0.15, 0.2) is 0 Å². The van der Waals surface area contributed by atoms with E-state index in [-0.39, 0.29) is 17.9 Å². The summed E-state index contributed by atoms with van der Waals surface area (Å²) >= 11 is 1.69. The molecule has 31 heavy (non-hydrogen) atoms. The molecule has 0 fully saturated rings. The van der Waals surface area contributed by atoms with E-state index in [4.69, 9.17) is 4.74 Å². The molecule has 0 saturated heterocycles. The quantitative estimate of drug-likeness (QED) is 0.582. The van der Waals surface area contributed by atoms with E-state index in [0.29, 0.717) is 25.3 Å². The van der Waals surface area contributed by atoms with E-state index in [1.165, 1.54) is 4.88 Å². The molecule has 0 aliphatic carbocycles. The Labute approximate surface area is 186 Å². The average molecular weight is 435 g/mol. The summed E-state index contributed by atoms with van der Waals surface area (Å²) in [6.45, 7) is 1.39. The highest BCUT2D eigenvalue weighted by atomic mass is 32.1. The van der Waals surface area contributed by atoms with Crippen molar-refractivity contribution in [1.29, 1.82) is 0 Å². The molecule has 0 unspecified atom stereocenters. The third-order valence-electron chi connectivity index (χ3n) is 5.65. The monoisotopic (exact) mass is 434 g/mol. The molecule has 2 atom stereocenters. The summed E-state index contributed by atoms with van der Waals surface area (Å²) in [5.74, 6) is -0.617. The molecule has 1 aromatic heterocycles. The van der Waals surface area contributed by atoms with Gasteiger partial charge in [0, 0.05) is 30.6 Å². The Morgan fingerprint density at radius 2 is 1.84 bits per heavy atom. The zero-order valence-corrected chi connectivity index (χ0v) is 18.3. The second-order valence-corrected chi connectivity index (χ2v) is 8.56. The minimum absolute atomic E-state index is 0.0622. The Morgan fingerprint density at radius 1 is 1.06 bits per heavy atom. The molecule has 1 N–H and O–H groups in total. The number of benzene rings is 2. The number of thiophene rings is 1. The van der Waals surface area contributed by atoms with E-state index in [9.17, 15) is 9.59 Å². The predicted octanol–water partition coefficient (Wildman–Crippen LogP) is 4.03. The van der Waals surface area contributed by atoms with E-state index in [0.717, 1.165) is 17.5 Å². The number of methoxy groups -OCH3 is 1. The fraction of sp³-hybridized carbons (Fsp3) is 0.280. The van der Waals surface area contributed by atoms with Crippen molar-refractivity contribution in [1.82, 2.24) is 10.2 Å². The molecule has 0 bridgehead atoms. The van der Waals surface area contributed by atoms with Gasteiger partial charge in [-0.3, -0.25) is 9.59 Å². The van der Waals surface area contributed by atoms with Crippen LogP contribution in [0.25, 0.3) is 0 Å². The number of hydrogen-bond donors (Lipinski definition) is 1. The summed E-state index contributed by atoms with van der Waals surface area (Å²) in [4.78, 5) is 29.9. The van der Waals surface area contributed by atoms with Crippen molar-refractivity contribution in [3.05, 3.63) is 93.7 Å². The van der Waals surface area contributed by atoms with Crippen LogP contribution in [-0.4, -0.2) is 43.5 Å². The first-order chi connectivity index (χ1) is 15.2. The number of ether oxygens (including phenoxy) is 1. The molecule has 2 aromatic carbocycles. The Bertz CT molecular complexity index is 1020. The van der Waals surface area contributed by atoms with Gasteiger partial charge in [0.25, 0.3) is 5.91 Å². The van der Waals surface area contributed by atoms with E-state index in [1.54, 1.807) is 23.3 Å². The number of rotatable bonds is 8. The minimum Gasteiger partial charge on any atom is -0.383 e. The van der Waals surface area contributed by atoms with Crippen LogP contribution in [0.15, 0.2) is 72.1 Å². The highest BCUT2D eigenvalue weighted by molar-refractivity contribution is 7.09. The molecule has 1 aliphatic heterocycles. The number of amides is 2. The summed E-state index contributed by atoms with van der Waals surface area (Å²) in [6, 6.07) is 21.0. The topological polar surface area (TPSA) is 58.6 Å². The first-order valence-corrected chi connectivity index (χ1v) is 11.3. The van der Waals surface area contributed by atoms with Crippen LogP contribution in [0.5, 0.6) is 0 Å². The fourth-order valence-electron chi connectivity index (χ4n) is 4.21. The number of nitrogens with one attached hydrogen (secondary N) is 1. The van der Waals surface area contributed by atoms with Gasteiger partial charge < -0.3 is 15.0 Å². The van der Waals surface area contributed by atoms with Crippen LogP contribution in [0.2, 0.25) is 0 Å². The summed E-state index contributed by atoms with van der Waals surface area (Å²) < 4.78 is 5.27. The first kappa shape index (κ1) is 21.3. The van der Waals surface area contributed by atoms with Crippen LogP contribution >= 0.6 is 11.3 Å². The third kappa shape index (κ3) is 4.55. The summed E-state index contributed by atoms with van der Waals surface area (Å²) in [7, 11) is 1.62. The van der Waals surface area contributed by atoms with Gasteiger partial charge in [-0.05, 0) is 35.1 Å². The average Bonchev–Trinajstić information content (AvgIpc) is 3.32. The maximum Gasteiger partial charge on any atom is 0.254 e. The van der Waals surface area contributed by atoms with Crippen LogP contribution in [0, 0.1) is 0 Å². The standard InChI is InChI=1S/C25H26N2O3S/c1-30-16-15-27-23(18-8-3-2-4-9-18)22(20-11-5-6-12-21(20)25(27)29)24(28)26-14-13-19-10-7-17-31-19/h2-12,17,22-23H,13-16H2,1H3,(H,26,28)/t22-,23+/m0/s1. The molecule has 0 radical (unpaired) electrons. The summed E-state index contributed by atoms with van der Waals surface area (Å²) in [6.07, 6.45) is 0.792. The van der Waals surface area contributed by atoms with Crippen molar-refractivity contribution in [2.24, 2.45) is 0 Å². The van der Waals surface area contributed by atoms with Crippen LogP contribution < -0.4 is 5.32 Å². The van der Waals surface area contributed by atoms with Gasteiger partial charge in [-0.15, -0.1) is 11.3 Å². The predicted molar refractivity (Wildman–Crippen MR) is 122 cm³/mol. The second-order valence-electron chi connectivity index (χ2n) is 7.53. The third-order valence-corrected chi connectivity index (χ3v) is 6.59. The molecule has 5 nitrogen and oxygen atoms in total. The molecule has 2 amide bonds. The minimum atomic E-state index is -0.489. The Morgan fingerprint density at radius 3 is 2.58 bits per heavy atom. The lowest BCUT2D eigenvalue weighted by molar-refractivity contribution is -0.124. The van der Waals surface area contributed by atoms with Gasteiger partial charge in [-0.2, -0.15) is 0 Å². The van der Waals surface area contributed by atoms with Crippen molar-refractivity contribution in [2.45, 2.75) is 18.4 Å². The smallest absolute Gasteiger partial charge is 0.254 e. The molecule has 3 aromatic rings. The summed E-state index contributed by atoms with van der Waals surface area (Å²) in [5.41, 5.74) is 2.31. The van der Waals surface area contributed by atoms with Crippen molar-refractivity contribution in [2.75, 3.05) is 26.8 Å². The number of nitrogens with zero attached hydrogens (tertiary/aromatic N) is 1. The van der Waals surface area contributed by atoms with E-state index in [2.05, 4.69) is 11.4 Å². The zero-order valence-electron chi connectivity index (χ0n) is 17.5. The molecule has 1 aliphatic rings. The van der Waals surface area contributed by atoms with Crippen LogP contribution in [0.1, 0.15) is 38.3 Å². The fourth-order valence-corrected chi connectivity index (χ4v) is 4.91. The van der Waals surface area contributed by atoms with E-state index in [1.807, 2.05) is 66.0 Å². The van der Waals surface area contributed by atoms with Gasteiger partial charge >= 0.3 is 0 Å². The molecule has 160 valence electrons. The SMILES string of the molecule is COCCN1C(=O)c2ccccc2[C@H](C(=O)NCCc2cccs2)[C@H]1c1ccccc1. The van der Waals surface area contributed by atoms with Crippen molar-refractivity contribution >= 4 is 23.2 Å². The Balaban J connectivity index is 1.69. The highest BCUT2D eigenvalue weighted by Crippen LogP contribution is 2.42. The van der Waals surface area contributed by atoms with Crippen LogP contribution in [-0.2, 0) is 16.0 Å². The number of carbonyl (C=O) groups is 2. The van der Waals surface area contributed by atoms with Crippen LogP contribution in [0.4, 0.5) is 0 Å². The van der Waals surface area contributed by atoms with Gasteiger partial charge in [0.05, 0.1) is 18.6 Å². The maximum absolute atomic E-state index is 13.5. The Kier molecular flexibility index (Phi) is 6.79. The highest BCUT2D eigenvalue weighted by Gasteiger charge is 2.43. The first-order valence-electron chi connectivity index (χ1n) is 10.4. The number of carbonyl (C=O) groups excluding carboxylic acids is 2. The van der Waals surface area contributed by atoms with Gasteiger partial charge in [-0.25, -0.2) is 0 Å². The molecule has 6 heteroatoms. The Hall–Kier alpha value is -2.96. The zero-order chi connectivity index (χ0) is 21.6.